The van der Waals surface area contributed by atoms with Crippen LogP contribution in [0.5, 0.6) is 0 Å². The van der Waals surface area contributed by atoms with E-state index in [0.29, 0.717) is 12.6 Å². The predicted molar refractivity (Wildman–Crippen MR) is 76.1 cm³/mol. The zero-order chi connectivity index (χ0) is 13.7. The molecule has 4 heteroatoms. The molecule has 1 aliphatic rings. The van der Waals surface area contributed by atoms with Crippen LogP contribution in [0.15, 0.2) is 16.7 Å². The van der Waals surface area contributed by atoms with Crippen LogP contribution >= 0.6 is 0 Å². The largest absolute Gasteiger partial charge is 0.468 e. The van der Waals surface area contributed by atoms with E-state index in [2.05, 4.69) is 23.8 Å². The average Bonchev–Trinajstić information content (AvgIpc) is 2.82. The first-order valence-electron chi connectivity index (χ1n) is 7.27. The Hall–Kier alpha value is -0.840. The first-order valence-corrected chi connectivity index (χ1v) is 7.27. The fourth-order valence-corrected chi connectivity index (χ4v) is 2.79. The maximum atomic E-state index is 8.88. The van der Waals surface area contributed by atoms with Gasteiger partial charge in [-0.1, -0.05) is 0 Å². The highest BCUT2D eigenvalue weighted by Crippen LogP contribution is 2.19. The Labute approximate surface area is 116 Å². The lowest BCUT2D eigenvalue weighted by Crippen LogP contribution is -2.43. The van der Waals surface area contributed by atoms with Crippen molar-refractivity contribution in [2.24, 2.45) is 0 Å². The maximum absolute atomic E-state index is 8.88. The van der Waals surface area contributed by atoms with Gasteiger partial charge < -0.3 is 14.4 Å². The molecule has 19 heavy (non-hydrogen) atoms. The number of aryl methyl sites for hydroxylation is 1. The number of aliphatic hydroxyl groups excluding tert-OH is 1. The van der Waals surface area contributed by atoms with Crippen LogP contribution in [0.1, 0.15) is 30.6 Å². The van der Waals surface area contributed by atoms with Gasteiger partial charge in [0.1, 0.15) is 5.76 Å². The highest BCUT2D eigenvalue weighted by Gasteiger charge is 2.22. The summed E-state index contributed by atoms with van der Waals surface area (Å²) in [6, 6.07) is 2.70. The van der Waals surface area contributed by atoms with Crippen molar-refractivity contribution in [3.63, 3.8) is 0 Å². The van der Waals surface area contributed by atoms with E-state index in [4.69, 9.17) is 9.52 Å². The van der Waals surface area contributed by atoms with Crippen molar-refractivity contribution in [3.8, 4) is 0 Å². The van der Waals surface area contributed by atoms with Crippen LogP contribution in [0.3, 0.4) is 0 Å². The summed E-state index contributed by atoms with van der Waals surface area (Å²) >= 11 is 0. The highest BCUT2D eigenvalue weighted by molar-refractivity contribution is 5.14. The monoisotopic (exact) mass is 266 g/mol. The molecule has 0 spiro atoms. The number of piperidine rings is 1. The Balaban J connectivity index is 1.74. The molecule has 1 fully saturated rings. The molecule has 1 aromatic rings. The Morgan fingerprint density at radius 1 is 1.42 bits per heavy atom. The van der Waals surface area contributed by atoms with E-state index >= 15 is 0 Å². The molecule has 0 radical (unpaired) electrons. The molecule has 2 rings (SSSR count). The van der Waals surface area contributed by atoms with Crippen LogP contribution in [0.25, 0.3) is 0 Å². The topological polar surface area (TPSA) is 39.9 Å². The summed E-state index contributed by atoms with van der Waals surface area (Å²) in [6.45, 7) is 6.60. The third kappa shape index (κ3) is 4.06. The van der Waals surface area contributed by atoms with Crippen molar-refractivity contribution in [2.45, 2.75) is 38.8 Å². The molecule has 0 amide bonds. The molecule has 0 bridgehead atoms. The highest BCUT2D eigenvalue weighted by atomic mass is 16.3. The normalized spacial score (nSPS) is 18.3. The van der Waals surface area contributed by atoms with Crippen LogP contribution in [-0.4, -0.2) is 54.2 Å². The smallest absolute Gasteiger partial charge is 0.120 e. The summed E-state index contributed by atoms with van der Waals surface area (Å²) < 4.78 is 5.51. The number of aliphatic hydroxyl groups is 1. The Morgan fingerprint density at radius 3 is 2.74 bits per heavy atom. The molecule has 4 nitrogen and oxygen atoms in total. The number of likely N-dealkylation sites (tertiary alicyclic amines) is 1. The average molecular weight is 266 g/mol. The second-order valence-corrected chi connectivity index (χ2v) is 5.59. The van der Waals surface area contributed by atoms with Crippen molar-refractivity contribution in [1.82, 2.24) is 9.80 Å². The third-order valence-electron chi connectivity index (χ3n) is 4.18. The van der Waals surface area contributed by atoms with Gasteiger partial charge in [-0.2, -0.15) is 0 Å². The van der Waals surface area contributed by atoms with Crippen molar-refractivity contribution in [2.75, 3.05) is 33.3 Å². The van der Waals surface area contributed by atoms with Gasteiger partial charge in [0.05, 0.1) is 12.8 Å². The molecule has 0 atom stereocenters. The standard InChI is InChI=1S/C15H26N2O2/c1-13-6-11-19-15(13)12-17-8-4-14(5-9-17)16(2)7-3-10-18/h6,11,14,18H,3-5,7-10,12H2,1-2H3. The number of hydrogen-bond acceptors (Lipinski definition) is 4. The van der Waals surface area contributed by atoms with Gasteiger partial charge in [0, 0.05) is 32.3 Å². The lowest BCUT2D eigenvalue weighted by Gasteiger charge is -2.36. The summed E-state index contributed by atoms with van der Waals surface area (Å²) in [5, 5.41) is 8.88. The zero-order valence-corrected chi connectivity index (χ0v) is 12.1. The molecule has 0 aliphatic carbocycles. The van der Waals surface area contributed by atoms with Gasteiger partial charge in [-0.3, -0.25) is 4.90 Å². The maximum Gasteiger partial charge on any atom is 0.120 e. The minimum atomic E-state index is 0.293. The molecule has 1 aromatic heterocycles. The van der Waals surface area contributed by atoms with Crippen LogP contribution in [0.2, 0.25) is 0 Å². The van der Waals surface area contributed by atoms with E-state index in [-0.39, 0.29) is 0 Å². The van der Waals surface area contributed by atoms with Gasteiger partial charge in [0.25, 0.3) is 0 Å². The summed E-state index contributed by atoms with van der Waals surface area (Å²) in [5.74, 6) is 1.10. The lowest BCUT2D eigenvalue weighted by molar-refractivity contribution is 0.113. The summed E-state index contributed by atoms with van der Waals surface area (Å²) in [7, 11) is 2.17. The van der Waals surface area contributed by atoms with Crippen LogP contribution in [0.4, 0.5) is 0 Å². The summed E-state index contributed by atoms with van der Waals surface area (Å²) in [5.41, 5.74) is 1.25. The van der Waals surface area contributed by atoms with Gasteiger partial charge in [-0.25, -0.2) is 0 Å². The molecule has 2 heterocycles. The van der Waals surface area contributed by atoms with E-state index in [0.717, 1.165) is 38.4 Å². The van der Waals surface area contributed by atoms with E-state index in [9.17, 15) is 0 Å². The third-order valence-corrected chi connectivity index (χ3v) is 4.18. The zero-order valence-electron chi connectivity index (χ0n) is 12.1. The van der Waals surface area contributed by atoms with Gasteiger partial charge in [0.15, 0.2) is 0 Å². The van der Waals surface area contributed by atoms with Crippen molar-refractivity contribution in [1.29, 1.82) is 0 Å². The summed E-state index contributed by atoms with van der Waals surface area (Å²) in [4.78, 5) is 4.87. The number of furan rings is 1. The van der Waals surface area contributed by atoms with Crippen molar-refractivity contribution in [3.05, 3.63) is 23.7 Å². The van der Waals surface area contributed by atoms with E-state index in [1.54, 1.807) is 6.26 Å². The molecule has 1 saturated heterocycles. The molecule has 108 valence electrons. The molecule has 0 saturated carbocycles. The van der Waals surface area contributed by atoms with Gasteiger partial charge in [-0.05, 0) is 44.9 Å². The Kier molecular flexibility index (Phi) is 5.43. The fraction of sp³-hybridized carbons (Fsp3) is 0.733. The molecule has 0 aromatic carbocycles. The number of hydrogen-bond donors (Lipinski definition) is 1. The van der Waals surface area contributed by atoms with Crippen molar-refractivity contribution < 1.29 is 9.52 Å². The van der Waals surface area contributed by atoms with E-state index < -0.39 is 0 Å². The Bertz CT molecular complexity index is 370. The fourth-order valence-electron chi connectivity index (χ4n) is 2.79. The molecular weight excluding hydrogens is 240 g/mol. The number of rotatable bonds is 6. The Morgan fingerprint density at radius 2 is 2.16 bits per heavy atom. The molecule has 1 aliphatic heterocycles. The predicted octanol–water partition coefficient (Wildman–Crippen LogP) is 1.87. The molecule has 1 N–H and O–H groups in total. The minimum absolute atomic E-state index is 0.293. The number of nitrogens with zero attached hydrogens (tertiary/aromatic N) is 2. The van der Waals surface area contributed by atoms with Gasteiger partial charge in [0.2, 0.25) is 0 Å². The lowest BCUT2D eigenvalue weighted by atomic mass is 10.0. The van der Waals surface area contributed by atoms with Crippen molar-refractivity contribution >= 4 is 0 Å². The second kappa shape index (κ2) is 7.08. The van der Waals surface area contributed by atoms with Gasteiger partial charge in [-0.15, -0.1) is 0 Å². The van der Waals surface area contributed by atoms with E-state index in [1.165, 1.54) is 18.4 Å². The quantitative estimate of drug-likeness (QED) is 0.853. The second-order valence-electron chi connectivity index (χ2n) is 5.59. The molecular formula is C15H26N2O2. The van der Waals surface area contributed by atoms with Crippen LogP contribution in [-0.2, 0) is 6.54 Å². The van der Waals surface area contributed by atoms with Crippen LogP contribution < -0.4 is 0 Å². The minimum Gasteiger partial charge on any atom is -0.468 e. The first-order chi connectivity index (χ1) is 9.20. The summed E-state index contributed by atoms with van der Waals surface area (Å²) in [6.07, 6.45) is 5.08. The van der Waals surface area contributed by atoms with E-state index in [1.807, 2.05) is 6.07 Å². The first kappa shape index (κ1) is 14.6. The molecule has 0 unspecified atom stereocenters. The van der Waals surface area contributed by atoms with Gasteiger partial charge >= 0.3 is 0 Å². The SMILES string of the molecule is Cc1ccoc1CN1CCC(N(C)CCCO)CC1. The van der Waals surface area contributed by atoms with Crippen LogP contribution in [0, 0.1) is 6.92 Å².